The molecule has 2 amide bonds. The van der Waals surface area contributed by atoms with E-state index < -0.39 is 5.97 Å². The summed E-state index contributed by atoms with van der Waals surface area (Å²) in [6.45, 7) is 2.14. The molecule has 2 rings (SSSR count). The molecule has 0 aromatic carbocycles. The molecular weight excluding hydrogens is 232 g/mol. The molecule has 1 aliphatic heterocycles. The molecule has 1 saturated heterocycles. The van der Waals surface area contributed by atoms with Gasteiger partial charge >= 0.3 is 12.0 Å². The van der Waals surface area contributed by atoms with Gasteiger partial charge in [0, 0.05) is 33.1 Å². The van der Waals surface area contributed by atoms with Crippen LogP contribution in [0.1, 0.15) is 32.1 Å². The Morgan fingerprint density at radius 1 is 1.28 bits per heavy atom. The molecule has 2 fully saturated rings. The van der Waals surface area contributed by atoms with Crippen molar-refractivity contribution < 1.29 is 14.7 Å². The summed E-state index contributed by atoms with van der Waals surface area (Å²) < 4.78 is 0. The zero-order valence-electron chi connectivity index (χ0n) is 11.0. The number of carboxylic acid groups (broad SMARTS) is 1. The molecule has 2 aliphatic rings. The summed E-state index contributed by atoms with van der Waals surface area (Å²) in [5, 5.41) is 8.75. The molecule has 1 unspecified atom stereocenters. The highest BCUT2D eigenvalue weighted by Crippen LogP contribution is 2.27. The Morgan fingerprint density at radius 2 is 2.00 bits per heavy atom. The number of nitrogens with zero attached hydrogens (tertiary/aromatic N) is 2. The summed E-state index contributed by atoms with van der Waals surface area (Å²) in [7, 11) is 1.85. The molecule has 0 bridgehead atoms. The fraction of sp³-hybridized carbons (Fsp3) is 0.846. The second-order valence-corrected chi connectivity index (χ2v) is 5.66. The Hall–Kier alpha value is -1.26. The van der Waals surface area contributed by atoms with Crippen LogP contribution in [0.5, 0.6) is 0 Å². The fourth-order valence-electron chi connectivity index (χ4n) is 2.80. The fourth-order valence-corrected chi connectivity index (χ4v) is 2.80. The second kappa shape index (κ2) is 5.59. The molecule has 102 valence electrons. The number of aliphatic carboxylic acids is 1. The Bertz CT molecular complexity index is 328. The number of likely N-dealkylation sites (tertiary alicyclic amines) is 1. The molecule has 18 heavy (non-hydrogen) atoms. The minimum atomic E-state index is -0.767. The van der Waals surface area contributed by atoms with Gasteiger partial charge in [0.1, 0.15) is 0 Å². The second-order valence-electron chi connectivity index (χ2n) is 5.66. The van der Waals surface area contributed by atoms with Crippen LogP contribution in [0.25, 0.3) is 0 Å². The summed E-state index contributed by atoms with van der Waals surface area (Å²) in [6, 6.07) is 0.0646. The van der Waals surface area contributed by atoms with E-state index in [1.165, 1.54) is 19.3 Å². The van der Waals surface area contributed by atoms with Crippen LogP contribution >= 0.6 is 0 Å². The van der Waals surface area contributed by atoms with Crippen molar-refractivity contribution in [1.29, 1.82) is 0 Å². The Balaban J connectivity index is 1.76. The number of urea groups is 1. The first kappa shape index (κ1) is 13.2. The maximum Gasteiger partial charge on any atom is 0.319 e. The number of hydrogen-bond acceptors (Lipinski definition) is 2. The van der Waals surface area contributed by atoms with Gasteiger partial charge in [-0.05, 0) is 31.1 Å². The van der Waals surface area contributed by atoms with Gasteiger partial charge in [0.15, 0.2) is 0 Å². The predicted octanol–water partition coefficient (Wildman–Crippen LogP) is 1.63. The maximum atomic E-state index is 12.2. The van der Waals surface area contributed by atoms with Gasteiger partial charge in [-0.3, -0.25) is 4.79 Å². The van der Waals surface area contributed by atoms with Crippen LogP contribution in [0, 0.1) is 11.8 Å². The molecule has 1 aliphatic carbocycles. The summed E-state index contributed by atoms with van der Waals surface area (Å²) in [6.07, 6.45) is 4.75. The number of hydrogen-bond donors (Lipinski definition) is 1. The largest absolute Gasteiger partial charge is 0.481 e. The van der Waals surface area contributed by atoms with E-state index in [1.54, 1.807) is 9.80 Å². The number of carbonyl (C=O) groups is 2. The van der Waals surface area contributed by atoms with Crippen molar-refractivity contribution in [2.24, 2.45) is 11.8 Å². The van der Waals surface area contributed by atoms with Crippen LogP contribution in [-0.4, -0.2) is 53.6 Å². The average Bonchev–Trinajstić information content (AvgIpc) is 2.69. The van der Waals surface area contributed by atoms with Crippen LogP contribution in [0.4, 0.5) is 4.79 Å². The van der Waals surface area contributed by atoms with Gasteiger partial charge < -0.3 is 14.9 Å². The first-order chi connectivity index (χ1) is 8.56. The van der Waals surface area contributed by atoms with E-state index in [2.05, 4.69) is 0 Å². The Morgan fingerprint density at radius 3 is 2.56 bits per heavy atom. The molecule has 5 heteroatoms. The van der Waals surface area contributed by atoms with Crippen LogP contribution < -0.4 is 0 Å². The first-order valence-electron chi connectivity index (χ1n) is 6.78. The SMILES string of the molecule is CN(CC1CCC1)C(=O)N1CCC(CC(=O)O)C1. The lowest BCUT2D eigenvalue weighted by atomic mass is 9.85. The summed E-state index contributed by atoms with van der Waals surface area (Å²) in [4.78, 5) is 26.4. The summed E-state index contributed by atoms with van der Waals surface area (Å²) in [5.41, 5.74) is 0. The number of amides is 2. The van der Waals surface area contributed by atoms with E-state index in [0.717, 1.165) is 13.0 Å². The van der Waals surface area contributed by atoms with Crippen molar-refractivity contribution in [1.82, 2.24) is 9.80 Å². The molecule has 0 aromatic rings. The van der Waals surface area contributed by atoms with Crippen molar-refractivity contribution in [3.63, 3.8) is 0 Å². The summed E-state index contributed by atoms with van der Waals surface area (Å²) in [5.74, 6) is 0.0389. The van der Waals surface area contributed by atoms with E-state index in [4.69, 9.17) is 5.11 Å². The predicted molar refractivity (Wildman–Crippen MR) is 67.3 cm³/mol. The topological polar surface area (TPSA) is 60.9 Å². The lowest BCUT2D eigenvalue weighted by Gasteiger charge is -2.32. The highest BCUT2D eigenvalue weighted by Gasteiger charge is 2.30. The van der Waals surface area contributed by atoms with Crippen molar-refractivity contribution in [2.75, 3.05) is 26.7 Å². The van der Waals surface area contributed by atoms with E-state index in [1.807, 2.05) is 7.05 Å². The van der Waals surface area contributed by atoms with E-state index in [9.17, 15) is 9.59 Å². The van der Waals surface area contributed by atoms with Crippen molar-refractivity contribution >= 4 is 12.0 Å². The van der Waals surface area contributed by atoms with Gasteiger partial charge in [-0.1, -0.05) is 6.42 Å². The van der Waals surface area contributed by atoms with Crippen molar-refractivity contribution in [2.45, 2.75) is 32.1 Å². The molecule has 1 heterocycles. The Kier molecular flexibility index (Phi) is 4.09. The average molecular weight is 254 g/mol. The maximum absolute atomic E-state index is 12.2. The van der Waals surface area contributed by atoms with E-state index in [0.29, 0.717) is 19.0 Å². The zero-order chi connectivity index (χ0) is 13.1. The minimum Gasteiger partial charge on any atom is -0.481 e. The molecular formula is C13H22N2O3. The molecule has 1 N–H and O–H groups in total. The van der Waals surface area contributed by atoms with Crippen LogP contribution in [0.15, 0.2) is 0 Å². The number of carbonyl (C=O) groups excluding carboxylic acids is 1. The first-order valence-corrected chi connectivity index (χ1v) is 6.78. The summed E-state index contributed by atoms with van der Waals surface area (Å²) >= 11 is 0. The lowest BCUT2D eigenvalue weighted by Crippen LogP contribution is -2.43. The molecule has 1 atom stereocenters. The quantitative estimate of drug-likeness (QED) is 0.829. The normalized spacial score (nSPS) is 23.8. The molecule has 1 saturated carbocycles. The van der Waals surface area contributed by atoms with Gasteiger partial charge in [0.2, 0.25) is 0 Å². The number of rotatable bonds is 4. The molecule has 5 nitrogen and oxygen atoms in total. The van der Waals surface area contributed by atoms with E-state index >= 15 is 0 Å². The van der Waals surface area contributed by atoms with Crippen LogP contribution in [0.3, 0.4) is 0 Å². The lowest BCUT2D eigenvalue weighted by molar-refractivity contribution is -0.138. The monoisotopic (exact) mass is 254 g/mol. The zero-order valence-corrected chi connectivity index (χ0v) is 11.0. The smallest absolute Gasteiger partial charge is 0.319 e. The van der Waals surface area contributed by atoms with E-state index in [-0.39, 0.29) is 18.4 Å². The minimum absolute atomic E-state index is 0.0646. The third kappa shape index (κ3) is 3.15. The Labute approximate surface area is 108 Å². The highest BCUT2D eigenvalue weighted by molar-refractivity contribution is 5.74. The number of carboxylic acids is 1. The van der Waals surface area contributed by atoms with Gasteiger partial charge in [0.05, 0.1) is 0 Å². The molecule has 0 spiro atoms. The third-order valence-electron chi connectivity index (χ3n) is 4.10. The van der Waals surface area contributed by atoms with Crippen molar-refractivity contribution in [3.8, 4) is 0 Å². The van der Waals surface area contributed by atoms with Crippen LogP contribution in [-0.2, 0) is 4.79 Å². The molecule has 0 aromatic heterocycles. The highest BCUT2D eigenvalue weighted by atomic mass is 16.4. The third-order valence-corrected chi connectivity index (χ3v) is 4.10. The van der Waals surface area contributed by atoms with Gasteiger partial charge in [0.25, 0.3) is 0 Å². The van der Waals surface area contributed by atoms with Gasteiger partial charge in [-0.25, -0.2) is 4.79 Å². The molecule has 0 radical (unpaired) electrons. The standard InChI is InChI=1S/C13H22N2O3/c1-14(8-10-3-2-4-10)13(18)15-6-5-11(9-15)7-12(16)17/h10-11H,2-9H2,1H3,(H,16,17). The van der Waals surface area contributed by atoms with Gasteiger partial charge in [-0.2, -0.15) is 0 Å². The van der Waals surface area contributed by atoms with Crippen molar-refractivity contribution in [3.05, 3.63) is 0 Å². The van der Waals surface area contributed by atoms with Crippen LogP contribution in [0.2, 0.25) is 0 Å². The van der Waals surface area contributed by atoms with Gasteiger partial charge in [-0.15, -0.1) is 0 Å².